The zero-order valence-electron chi connectivity index (χ0n) is 14.8. The van der Waals surface area contributed by atoms with Crippen molar-refractivity contribution in [3.63, 3.8) is 0 Å². The summed E-state index contributed by atoms with van der Waals surface area (Å²) >= 11 is 1.55. The maximum Gasteiger partial charge on any atom is 0.217 e. The highest BCUT2D eigenvalue weighted by Crippen LogP contribution is 2.29. The van der Waals surface area contributed by atoms with E-state index in [9.17, 15) is 9.18 Å². The summed E-state index contributed by atoms with van der Waals surface area (Å²) in [6.07, 6.45) is 1.82. The number of carbonyl (C=O) groups excluding carboxylic acids is 1. The van der Waals surface area contributed by atoms with E-state index < -0.39 is 0 Å². The molecule has 134 valence electrons. The standard InChI is InChI=1S/C21H21FN2OS/c1-14(23-15(2)25)3-4-16-5-7-17(8-6-16)20-13-26-21(24-20)18-9-11-19(22)12-10-18/h5-14H,3-4H2,1-2H3,(H,23,25). The van der Waals surface area contributed by atoms with Gasteiger partial charge >= 0.3 is 0 Å². The highest BCUT2D eigenvalue weighted by atomic mass is 32.1. The minimum Gasteiger partial charge on any atom is -0.354 e. The summed E-state index contributed by atoms with van der Waals surface area (Å²) in [6, 6.07) is 14.9. The number of nitrogens with zero attached hydrogens (tertiary/aromatic N) is 1. The molecule has 0 spiro atoms. The second-order valence-electron chi connectivity index (χ2n) is 6.38. The molecule has 0 aliphatic heterocycles. The van der Waals surface area contributed by atoms with Crippen molar-refractivity contribution < 1.29 is 9.18 Å². The van der Waals surface area contributed by atoms with Gasteiger partial charge in [-0.1, -0.05) is 24.3 Å². The van der Waals surface area contributed by atoms with Gasteiger partial charge in [0.1, 0.15) is 10.8 Å². The van der Waals surface area contributed by atoms with Crippen LogP contribution in [0.5, 0.6) is 0 Å². The van der Waals surface area contributed by atoms with Gasteiger partial charge in [0.15, 0.2) is 0 Å². The molecule has 3 nitrogen and oxygen atoms in total. The molecule has 0 saturated carbocycles. The van der Waals surface area contributed by atoms with Gasteiger partial charge in [-0.2, -0.15) is 0 Å². The average Bonchev–Trinajstić information content (AvgIpc) is 3.10. The van der Waals surface area contributed by atoms with Crippen LogP contribution >= 0.6 is 11.3 Å². The molecule has 0 saturated heterocycles. The van der Waals surface area contributed by atoms with Gasteiger partial charge in [0.05, 0.1) is 5.69 Å². The van der Waals surface area contributed by atoms with Crippen LogP contribution in [0, 0.1) is 5.82 Å². The van der Waals surface area contributed by atoms with Crippen LogP contribution in [0.2, 0.25) is 0 Å². The minimum atomic E-state index is -0.242. The molecule has 0 aliphatic rings. The molecule has 2 aromatic carbocycles. The number of halogens is 1. The van der Waals surface area contributed by atoms with E-state index in [-0.39, 0.29) is 17.8 Å². The van der Waals surface area contributed by atoms with Gasteiger partial charge in [0, 0.05) is 29.5 Å². The predicted octanol–water partition coefficient (Wildman–Crippen LogP) is 5.07. The van der Waals surface area contributed by atoms with E-state index in [2.05, 4.69) is 34.6 Å². The quantitative estimate of drug-likeness (QED) is 0.660. The summed E-state index contributed by atoms with van der Waals surface area (Å²) in [5, 5.41) is 5.80. The van der Waals surface area contributed by atoms with Gasteiger partial charge in [-0.3, -0.25) is 4.79 Å². The van der Waals surface area contributed by atoms with Crippen LogP contribution in [-0.4, -0.2) is 16.9 Å². The molecule has 5 heteroatoms. The van der Waals surface area contributed by atoms with E-state index in [4.69, 9.17) is 0 Å². The highest BCUT2D eigenvalue weighted by molar-refractivity contribution is 7.13. The Hall–Kier alpha value is -2.53. The third-order valence-electron chi connectivity index (χ3n) is 4.16. The summed E-state index contributed by atoms with van der Waals surface area (Å²) < 4.78 is 13.0. The number of nitrogens with one attached hydrogen (secondary N) is 1. The molecule has 1 atom stereocenters. The van der Waals surface area contributed by atoms with Gasteiger partial charge in [0.2, 0.25) is 5.91 Å². The van der Waals surface area contributed by atoms with Gasteiger partial charge in [0.25, 0.3) is 0 Å². The van der Waals surface area contributed by atoms with Crippen LogP contribution in [0.25, 0.3) is 21.8 Å². The molecule has 1 unspecified atom stereocenters. The SMILES string of the molecule is CC(=O)NC(C)CCc1ccc(-c2csc(-c3ccc(F)cc3)n2)cc1. The van der Waals surface area contributed by atoms with Crippen LogP contribution in [0.1, 0.15) is 25.8 Å². The lowest BCUT2D eigenvalue weighted by Gasteiger charge is -2.12. The highest BCUT2D eigenvalue weighted by Gasteiger charge is 2.08. The lowest BCUT2D eigenvalue weighted by molar-refractivity contribution is -0.119. The predicted molar refractivity (Wildman–Crippen MR) is 105 cm³/mol. The number of rotatable bonds is 6. The molecule has 1 N–H and O–H groups in total. The van der Waals surface area contributed by atoms with Crippen LogP contribution in [-0.2, 0) is 11.2 Å². The number of benzene rings is 2. The third kappa shape index (κ3) is 4.76. The van der Waals surface area contributed by atoms with E-state index in [0.717, 1.165) is 34.7 Å². The Bertz CT molecular complexity index is 872. The summed E-state index contributed by atoms with van der Waals surface area (Å²) in [5.74, 6) is -0.234. The van der Waals surface area contributed by atoms with Gasteiger partial charge in [-0.05, 0) is 49.6 Å². The number of carbonyl (C=O) groups is 1. The van der Waals surface area contributed by atoms with E-state index in [1.54, 1.807) is 30.4 Å². The van der Waals surface area contributed by atoms with Crippen LogP contribution in [0.4, 0.5) is 4.39 Å². The summed E-state index contributed by atoms with van der Waals surface area (Å²) in [7, 11) is 0. The Morgan fingerprint density at radius 1 is 1.12 bits per heavy atom. The van der Waals surface area contributed by atoms with Crippen LogP contribution in [0.15, 0.2) is 53.9 Å². The van der Waals surface area contributed by atoms with E-state index in [1.807, 2.05) is 12.3 Å². The minimum absolute atomic E-state index is 0.00772. The molecular weight excluding hydrogens is 347 g/mol. The zero-order valence-corrected chi connectivity index (χ0v) is 15.6. The normalized spacial score (nSPS) is 12.0. The lowest BCUT2D eigenvalue weighted by Crippen LogP contribution is -2.30. The first kappa shape index (κ1) is 18.3. The van der Waals surface area contributed by atoms with Gasteiger partial charge in [-0.25, -0.2) is 9.37 Å². The molecule has 0 bridgehead atoms. The Morgan fingerprint density at radius 2 is 1.77 bits per heavy atom. The number of thiazole rings is 1. The Morgan fingerprint density at radius 3 is 2.42 bits per heavy atom. The molecule has 1 aromatic heterocycles. The van der Waals surface area contributed by atoms with E-state index in [1.165, 1.54) is 17.7 Å². The molecule has 3 aromatic rings. The number of hydrogen-bond donors (Lipinski definition) is 1. The first-order valence-electron chi connectivity index (χ1n) is 8.59. The smallest absolute Gasteiger partial charge is 0.217 e. The molecular formula is C21H21FN2OS. The Kier molecular flexibility index (Phi) is 5.78. The first-order valence-corrected chi connectivity index (χ1v) is 9.47. The summed E-state index contributed by atoms with van der Waals surface area (Å²) in [4.78, 5) is 15.7. The number of amides is 1. The van der Waals surface area contributed by atoms with E-state index in [0.29, 0.717) is 0 Å². The fraction of sp³-hybridized carbons (Fsp3) is 0.238. The maximum atomic E-state index is 13.0. The second-order valence-corrected chi connectivity index (χ2v) is 7.24. The van der Waals surface area contributed by atoms with Crippen molar-refractivity contribution in [3.8, 4) is 21.8 Å². The molecule has 3 rings (SSSR count). The fourth-order valence-corrected chi connectivity index (χ4v) is 3.61. The lowest BCUT2D eigenvalue weighted by atomic mass is 10.0. The zero-order chi connectivity index (χ0) is 18.5. The Balaban J connectivity index is 1.65. The summed E-state index contributed by atoms with van der Waals surface area (Å²) in [6.45, 7) is 3.56. The van der Waals surface area contributed by atoms with Crippen molar-refractivity contribution >= 4 is 17.2 Å². The van der Waals surface area contributed by atoms with Gasteiger partial charge < -0.3 is 5.32 Å². The van der Waals surface area contributed by atoms with E-state index >= 15 is 0 Å². The third-order valence-corrected chi connectivity index (χ3v) is 5.05. The average molecular weight is 368 g/mol. The first-order chi connectivity index (χ1) is 12.5. The molecule has 0 radical (unpaired) electrons. The number of hydrogen-bond acceptors (Lipinski definition) is 3. The van der Waals surface area contributed by atoms with Crippen LogP contribution in [0.3, 0.4) is 0 Å². The van der Waals surface area contributed by atoms with Crippen molar-refractivity contribution in [1.29, 1.82) is 0 Å². The largest absolute Gasteiger partial charge is 0.354 e. The van der Waals surface area contributed by atoms with Crippen molar-refractivity contribution in [1.82, 2.24) is 10.3 Å². The number of aryl methyl sites for hydroxylation is 1. The topological polar surface area (TPSA) is 42.0 Å². The molecule has 0 fully saturated rings. The molecule has 0 aliphatic carbocycles. The van der Waals surface area contributed by atoms with Crippen LogP contribution < -0.4 is 5.32 Å². The second kappa shape index (κ2) is 8.23. The summed E-state index contributed by atoms with van der Waals surface area (Å²) in [5.41, 5.74) is 4.15. The maximum absolute atomic E-state index is 13.0. The van der Waals surface area contributed by atoms with Gasteiger partial charge in [-0.15, -0.1) is 11.3 Å². The van der Waals surface area contributed by atoms with Crippen molar-refractivity contribution in [2.45, 2.75) is 32.7 Å². The van der Waals surface area contributed by atoms with Crippen molar-refractivity contribution in [3.05, 3.63) is 65.3 Å². The van der Waals surface area contributed by atoms with Crippen molar-refractivity contribution in [2.75, 3.05) is 0 Å². The fourth-order valence-electron chi connectivity index (χ4n) is 2.78. The number of aromatic nitrogens is 1. The molecule has 26 heavy (non-hydrogen) atoms. The molecule has 1 amide bonds. The monoisotopic (exact) mass is 368 g/mol. The molecule has 1 heterocycles. The van der Waals surface area contributed by atoms with Crippen molar-refractivity contribution in [2.24, 2.45) is 0 Å². The Labute approximate surface area is 156 Å².